The summed E-state index contributed by atoms with van der Waals surface area (Å²) < 4.78 is 43.2. The van der Waals surface area contributed by atoms with Crippen LogP contribution in [0, 0.1) is 0 Å². The highest BCUT2D eigenvalue weighted by Gasteiger charge is 2.37. The Kier molecular flexibility index (Phi) is 9.85. The normalized spacial score (nSPS) is 19.7. The Morgan fingerprint density at radius 2 is 1.60 bits per heavy atom. The zero-order valence-corrected chi connectivity index (χ0v) is 27.6. The smallest absolute Gasteiger partial charge is 0.397 e. The van der Waals surface area contributed by atoms with E-state index in [-0.39, 0.29) is 34.1 Å². The molecule has 0 bridgehead atoms. The largest absolute Gasteiger partial charge is 0.418 e. The summed E-state index contributed by atoms with van der Waals surface area (Å²) in [7, 11) is 0. The van der Waals surface area contributed by atoms with Gasteiger partial charge < -0.3 is 31.2 Å². The lowest BCUT2D eigenvalue weighted by atomic mass is 9.98. The van der Waals surface area contributed by atoms with Crippen LogP contribution >= 0.6 is 15.9 Å². The molecule has 1 aromatic heterocycles. The second kappa shape index (κ2) is 13.9. The molecule has 3 amide bonds. The first-order valence-corrected chi connectivity index (χ1v) is 16.9. The highest BCUT2D eigenvalue weighted by Crippen LogP contribution is 2.38. The maximum absolute atomic E-state index is 14.0. The number of rotatable bonds is 6. The molecule has 4 heterocycles. The third-order valence-corrected chi connectivity index (χ3v) is 10.4. The molecule has 1 atom stereocenters. The van der Waals surface area contributed by atoms with Crippen LogP contribution in [-0.2, 0) is 17.4 Å². The van der Waals surface area contributed by atoms with E-state index in [2.05, 4.69) is 36.4 Å². The van der Waals surface area contributed by atoms with Crippen molar-refractivity contribution in [2.45, 2.75) is 56.4 Å². The van der Waals surface area contributed by atoms with Gasteiger partial charge in [0.25, 0.3) is 0 Å². The fraction of sp³-hybridized carbons (Fsp3) is 0.531. The zero-order chi connectivity index (χ0) is 33.3. The SMILES string of the molecule is Nc1c(Br)cc(C[C@@H](NC(=O)N2CCC(n3c(=O)[nH]c4ccccc43)CC2)C(=O)N2CCC(N3CCNCC3)CC2)cc1C(F)(F)F. The number of fused-ring (bicyclic) bond motifs is 1. The standard InChI is InChI=1S/C32H40BrF3N8O3/c33-24-18-20(17-23(28(24)37)32(34,35)36)19-26(29(45)42-11-5-21(6-12-42)41-15-9-38-10-16-41)40-30(46)43-13-7-22(8-14-43)44-27-4-2-1-3-25(27)39-31(44)47/h1-4,17-18,21-22,26,38H,5-16,19,37H2,(H,39,47)(H,40,46)/t26-/m1/s1. The minimum absolute atomic E-state index is 0.0753. The Hall–Kier alpha value is -3.56. The number of hydrogen-bond acceptors (Lipinski definition) is 6. The van der Waals surface area contributed by atoms with Crippen molar-refractivity contribution in [3.8, 4) is 0 Å². The van der Waals surface area contributed by atoms with Gasteiger partial charge in [0, 0.05) is 75.3 Å². The van der Waals surface area contributed by atoms with E-state index in [4.69, 9.17) is 5.73 Å². The molecule has 3 aliphatic heterocycles. The lowest BCUT2D eigenvalue weighted by molar-refractivity contribution is -0.137. The van der Waals surface area contributed by atoms with Gasteiger partial charge in [-0.2, -0.15) is 13.2 Å². The number of aromatic amines is 1. The minimum atomic E-state index is -4.69. The summed E-state index contributed by atoms with van der Waals surface area (Å²) in [5, 5.41) is 6.22. The van der Waals surface area contributed by atoms with Crippen LogP contribution in [0.3, 0.4) is 0 Å². The van der Waals surface area contributed by atoms with E-state index < -0.39 is 29.5 Å². The number of aromatic nitrogens is 2. The Morgan fingerprint density at radius 3 is 2.28 bits per heavy atom. The number of para-hydroxylation sites is 2. The summed E-state index contributed by atoms with van der Waals surface area (Å²) >= 11 is 3.14. The number of piperidine rings is 2. The highest BCUT2D eigenvalue weighted by molar-refractivity contribution is 9.10. The summed E-state index contributed by atoms with van der Waals surface area (Å²) in [6.45, 7) is 5.48. The maximum atomic E-state index is 14.0. The van der Waals surface area contributed by atoms with Crippen LogP contribution in [0.4, 0.5) is 23.7 Å². The minimum Gasteiger partial charge on any atom is -0.397 e. The van der Waals surface area contributed by atoms with Gasteiger partial charge in [-0.25, -0.2) is 9.59 Å². The summed E-state index contributed by atoms with van der Waals surface area (Å²) in [4.78, 5) is 49.0. The van der Waals surface area contributed by atoms with E-state index in [1.54, 1.807) is 14.4 Å². The average Bonchev–Trinajstić information content (AvgIpc) is 3.41. The molecule has 0 radical (unpaired) electrons. The van der Waals surface area contributed by atoms with Crippen molar-refractivity contribution in [2.75, 3.05) is 58.1 Å². The molecule has 0 aliphatic carbocycles. The van der Waals surface area contributed by atoms with Gasteiger partial charge in [-0.3, -0.25) is 14.3 Å². The van der Waals surface area contributed by atoms with Crippen LogP contribution in [0.15, 0.2) is 45.7 Å². The third kappa shape index (κ3) is 7.31. The number of piperazine rings is 1. The van der Waals surface area contributed by atoms with Crippen LogP contribution in [0.2, 0.25) is 0 Å². The number of hydrogen-bond donors (Lipinski definition) is 4. The molecular formula is C32H40BrF3N8O3. The maximum Gasteiger partial charge on any atom is 0.418 e. The van der Waals surface area contributed by atoms with Gasteiger partial charge in [-0.05, 0) is 71.4 Å². The number of nitrogens with one attached hydrogen (secondary N) is 3. The molecule has 3 saturated heterocycles. The van der Waals surface area contributed by atoms with Crippen molar-refractivity contribution in [1.29, 1.82) is 0 Å². The Morgan fingerprint density at radius 1 is 0.957 bits per heavy atom. The number of urea groups is 1. The predicted octanol–water partition coefficient (Wildman–Crippen LogP) is 3.55. The van der Waals surface area contributed by atoms with Crippen molar-refractivity contribution in [1.82, 2.24) is 34.9 Å². The van der Waals surface area contributed by atoms with Crippen LogP contribution < -0.4 is 22.1 Å². The topological polar surface area (TPSA) is 132 Å². The first-order chi connectivity index (χ1) is 22.5. The summed E-state index contributed by atoms with van der Waals surface area (Å²) in [5.41, 5.74) is 5.89. The quantitative estimate of drug-likeness (QED) is 0.288. The number of carbonyl (C=O) groups excluding carboxylic acids is 2. The van der Waals surface area contributed by atoms with Gasteiger partial charge in [0.2, 0.25) is 5.91 Å². The van der Waals surface area contributed by atoms with Gasteiger partial charge in [-0.15, -0.1) is 0 Å². The Bertz CT molecular complexity index is 1660. The van der Waals surface area contributed by atoms with Crippen molar-refractivity contribution in [3.05, 3.63) is 62.5 Å². The highest BCUT2D eigenvalue weighted by atomic mass is 79.9. The number of nitrogen functional groups attached to an aromatic ring is 1. The number of benzene rings is 2. The molecule has 47 heavy (non-hydrogen) atoms. The van der Waals surface area contributed by atoms with Gasteiger partial charge in [0.15, 0.2) is 0 Å². The lowest BCUT2D eigenvalue weighted by Crippen LogP contribution is -2.57. The molecule has 254 valence electrons. The molecule has 0 saturated carbocycles. The van der Waals surface area contributed by atoms with E-state index >= 15 is 0 Å². The number of nitrogens with two attached hydrogens (primary N) is 1. The molecule has 0 unspecified atom stereocenters. The van der Waals surface area contributed by atoms with E-state index in [1.165, 1.54) is 6.07 Å². The number of nitrogens with zero attached hydrogens (tertiary/aromatic N) is 4. The van der Waals surface area contributed by atoms with Crippen molar-refractivity contribution < 1.29 is 22.8 Å². The summed E-state index contributed by atoms with van der Waals surface area (Å²) in [6.07, 6.45) is -2.17. The number of likely N-dealkylation sites (tertiary alicyclic amines) is 2. The number of halogens is 4. The first kappa shape index (κ1) is 33.3. The number of anilines is 1. The summed E-state index contributed by atoms with van der Waals surface area (Å²) in [6, 6.07) is 8.59. The van der Waals surface area contributed by atoms with Crippen molar-refractivity contribution in [3.63, 3.8) is 0 Å². The molecule has 6 rings (SSSR count). The van der Waals surface area contributed by atoms with E-state index in [9.17, 15) is 27.6 Å². The van der Waals surface area contributed by atoms with Crippen molar-refractivity contribution in [2.24, 2.45) is 0 Å². The fourth-order valence-corrected chi connectivity index (χ4v) is 7.69. The molecule has 2 aromatic carbocycles. The second-order valence-corrected chi connectivity index (χ2v) is 13.5. The molecule has 5 N–H and O–H groups in total. The van der Waals surface area contributed by atoms with Crippen LogP contribution in [0.25, 0.3) is 11.0 Å². The zero-order valence-electron chi connectivity index (χ0n) is 26.0. The number of imidazole rings is 1. The first-order valence-electron chi connectivity index (χ1n) is 16.1. The fourth-order valence-electron chi connectivity index (χ4n) is 7.19. The molecule has 0 spiro atoms. The molecule has 3 fully saturated rings. The van der Waals surface area contributed by atoms with Gasteiger partial charge in [0.1, 0.15) is 6.04 Å². The van der Waals surface area contributed by atoms with E-state index in [0.29, 0.717) is 45.1 Å². The third-order valence-electron chi connectivity index (χ3n) is 9.72. The second-order valence-electron chi connectivity index (χ2n) is 12.6. The van der Waals surface area contributed by atoms with Gasteiger partial charge in [-0.1, -0.05) is 12.1 Å². The lowest BCUT2D eigenvalue weighted by Gasteiger charge is -2.41. The number of H-pyrrole nitrogens is 1. The molecule has 3 aliphatic rings. The van der Waals surface area contributed by atoms with Gasteiger partial charge in [0.05, 0.1) is 22.3 Å². The Balaban J connectivity index is 1.16. The van der Waals surface area contributed by atoms with Crippen molar-refractivity contribution >= 4 is 44.6 Å². The Labute approximate surface area is 278 Å². The molecule has 15 heteroatoms. The average molecular weight is 722 g/mol. The van der Waals surface area contributed by atoms with Gasteiger partial charge >= 0.3 is 17.9 Å². The van der Waals surface area contributed by atoms with E-state index in [0.717, 1.165) is 56.1 Å². The number of alkyl halides is 3. The molecule has 11 nitrogen and oxygen atoms in total. The van der Waals surface area contributed by atoms with Crippen LogP contribution in [0.1, 0.15) is 42.9 Å². The monoisotopic (exact) mass is 720 g/mol. The molecule has 3 aromatic rings. The van der Waals surface area contributed by atoms with Crippen LogP contribution in [-0.4, -0.2) is 101 Å². The van der Waals surface area contributed by atoms with E-state index in [1.807, 2.05) is 24.3 Å². The number of amides is 3. The predicted molar refractivity (Wildman–Crippen MR) is 176 cm³/mol. The number of carbonyl (C=O) groups is 2. The molecular weight excluding hydrogens is 681 g/mol. The summed E-state index contributed by atoms with van der Waals surface area (Å²) in [5.74, 6) is -0.321. The van der Waals surface area contributed by atoms with Crippen LogP contribution in [0.5, 0.6) is 0 Å².